The second-order valence-electron chi connectivity index (χ2n) is 4.19. The second kappa shape index (κ2) is 5.86. The molecule has 2 aromatic rings. The Hall–Kier alpha value is -1.85. The van der Waals surface area contributed by atoms with Crippen LogP contribution in [0, 0.1) is 6.92 Å². The molecule has 100 valence electrons. The lowest BCUT2D eigenvalue weighted by Crippen LogP contribution is -2.16. The molecule has 19 heavy (non-hydrogen) atoms. The lowest BCUT2D eigenvalue weighted by atomic mass is 10.1. The number of aliphatic hydroxyl groups excluding tert-OH is 1. The van der Waals surface area contributed by atoms with Crippen LogP contribution in [0.4, 0.5) is 11.8 Å². The van der Waals surface area contributed by atoms with E-state index in [1.807, 2.05) is 19.1 Å². The third-order valence-corrected chi connectivity index (χ3v) is 2.86. The van der Waals surface area contributed by atoms with Crippen molar-refractivity contribution in [2.24, 2.45) is 0 Å². The van der Waals surface area contributed by atoms with Crippen molar-refractivity contribution in [3.8, 4) is 0 Å². The third kappa shape index (κ3) is 3.56. The predicted molar refractivity (Wildman–Crippen MR) is 76.1 cm³/mol. The molecule has 1 unspecified atom stereocenters. The van der Waals surface area contributed by atoms with Gasteiger partial charge in [0.1, 0.15) is 5.82 Å². The number of hydrogen-bond donors (Lipinski definition) is 3. The number of halogens is 1. The number of aromatic nitrogens is 2. The molecule has 4 N–H and O–H groups in total. The van der Waals surface area contributed by atoms with E-state index in [1.54, 1.807) is 18.2 Å². The smallest absolute Gasteiger partial charge is 0.222 e. The van der Waals surface area contributed by atoms with E-state index in [9.17, 15) is 5.11 Å². The molecule has 0 radical (unpaired) electrons. The van der Waals surface area contributed by atoms with Crippen molar-refractivity contribution >= 4 is 23.4 Å². The van der Waals surface area contributed by atoms with Crippen LogP contribution in [0.25, 0.3) is 0 Å². The first-order valence-corrected chi connectivity index (χ1v) is 6.20. The first-order chi connectivity index (χ1) is 9.08. The fraction of sp³-hybridized carbons (Fsp3) is 0.231. The Morgan fingerprint density at radius 1 is 1.37 bits per heavy atom. The van der Waals surface area contributed by atoms with Gasteiger partial charge in [-0.3, -0.25) is 0 Å². The summed E-state index contributed by atoms with van der Waals surface area (Å²) in [5, 5.41) is 13.2. The van der Waals surface area contributed by atoms with E-state index in [-0.39, 0.29) is 18.6 Å². The van der Waals surface area contributed by atoms with Crippen LogP contribution in [0.1, 0.15) is 17.3 Å². The average Bonchev–Trinajstić information content (AvgIpc) is 2.34. The van der Waals surface area contributed by atoms with Gasteiger partial charge in [-0.2, -0.15) is 4.98 Å². The molecule has 0 aliphatic rings. The summed E-state index contributed by atoms with van der Waals surface area (Å²) in [6.07, 6.45) is 0. The predicted octanol–water partition coefficient (Wildman–Crippen LogP) is 2.17. The number of benzene rings is 1. The fourth-order valence-corrected chi connectivity index (χ4v) is 2.00. The van der Waals surface area contributed by atoms with Crippen LogP contribution >= 0.6 is 11.6 Å². The van der Waals surface area contributed by atoms with Crippen molar-refractivity contribution < 1.29 is 5.11 Å². The number of nitrogens with one attached hydrogen (secondary N) is 1. The van der Waals surface area contributed by atoms with Crippen LogP contribution in [-0.2, 0) is 0 Å². The molecule has 0 bridgehead atoms. The molecular weight excluding hydrogens is 264 g/mol. The monoisotopic (exact) mass is 278 g/mol. The summed E-state index contributed by atoms with van der Waals surface area (Å²) < 4.78 is 0. The van der Waals surface area contributed by atoms with Crippen LogP contribution in [0.15, 0.2) is 30.3 Å². The van der Waals surface area contributed by atoms with Gasteiger partial charge in [0.15, 0.2) is 0 Å². The summed E-state index contributed by atoms with van der Waals surface area (Å²) in [7, 11) is 0. The van der Waals surface area contributed by atoms with Crippen molar-refractivity contribution in [1.82, 2.24) is 9.97 Å². The van der Waals surface area contributed by atoms with E-state index < -0.39 is 0 Å². The molecular formula is C13H15ClN4O. The Kier molecular flexibility index (Phi) is 4.19. The minimum Gasteiger partial charge on any atom is -0.394 e. The van der Waals surface area contributed by atoms with Crippen molar-refractivity contribution in [1.29, 1.82) is 0 Å². The zero-order valence-electron chi connectivity index (χ0n) is 10.5. The van der Waals surface area contributed by atoms with E-state index >= 15 is 0 Å². The maximum Gasteiger partial charge on any atom is 0.222 e. The number of aryl methyl sites for hydroxylation is 1. The Balaban J connectivity index is 2.23. The summed E-state index contributed by atoms with van der Waals surface area (Å²) in [5.74, 6) is 0.773. The standard InChI is InChI=1S/C13H15ClN4O/c1-8-5-12(18-13(15)16-8)17-11(7-19)9-3-2-4-10(14)6-9/h2-6,11,19H,7H2,1H3,(H3,15,16,17,18). The number of nitrogens with zero attached hydrogens (tertiary/aromatic N) is 2. The van der Waals surface area contributed by atoms with E-state index in [1.165, 1.54) is 0 Å². The summed E-state index contributed by atoms with van der Waals surface area (Å²) in [6, 6.07) is 8.77. The van der Waals surface area contributed by atoms with Gasteiger partial charge in [0.2, 0.25) is 5.95 Å². The Morgan fingerprint density at radius 3 is 2.79 bits per heavy atom. The SMILES string of the molecule is Cc1cc(NC(CO)c2cccc(Cl)c2)nc(N)n1. The number of aliphatic hydroxyl groups is 1. The van der Waals surface area contributed by atoms with Gasteiger partial charge in [-0.1, -0.05) is 23.7 Å². The number of nitrogen functional groups attached to an aromatic ring is 1. The molecule has 0 fully saturated rings. The Labute approximate surface area is 116 Å². The highest BCUT2D eigenvalue weighted by molar-refractivity contribution is 6.30. The lowest BCUT2D eigenvalue weighted by Gasteiger charge is -2.18. The molecule has 0 saturated carbocycles. The van der Waals surface area contributed by atoms with Crippen LogP contribution in [-0.4, -0.2) is 21.7 Å². The minimum absolute atomic E-state index is 0.0801. The Morgan fingerprint density at radius 2 is 2.16 bits per heavy atom. The molecule has 0 aliphatic heterocycles. The summed E-state index contributed by atoms with van der Waals surface area (Å²) >= 11 is 5.94. The van der Waals surface area contributed by atoms with Gasteiger partial charge >= 0.3 is 0 Å². The second-order valence-corrected chi connectivity index (χ2v) is 4.62. The minimum atomic E-state index is -0.299. The highest BCUT2D eigenvalue weighted by atomic mass is 35.5. The van der Waals surface area contributed by atoms with Gasteiger partial charge in [0.25, 0.3) is 0 Å². The molecule has 5 nitrogen and oxygen atoms in total. The summed E-state index contributed by atoms with van der Waals surface area (Å²) in [6.45, 7) is 1.75. The molecule has 6 heteroatoms. The lowest BCUT2D eigenvalue weighted by molar-refractivity contribution is 0.276. The molecule has 1 atom stereocenters. The number of hydrogen-bond acceptors (Lipinski definition) is 5. The molecule has 1 aromatic heterocycles. The van der Waals surface area contributed by atoms with E-state index in [4.69, 9.17) is 17.3 Å². The number of nitrogens with two attached hydrogens (primary N) is 1. The maximum atomic E-state index is 9.49. The quantitative estimate of drug-likeness (QED) is 0.798. The molecule has 1 heterocycles. The molecule has 0 aliphatic carbocycles. The highest BCUT2D eigenvalue weighted by Crippen LogP contribution is 2.21. The van der Waals surface area contributed by atoms with Crippen LogP contribution in [0.5, 0.6) is 0 Å². The average molecular weight is 279 g/mol. The highest BCUT2D eigenvalue weighted by Gasteiger charge is 2.12. The largest absolute Gasteiger partial charge is 0.394 e. The third-order valence-electron chi connectivity index (χ3n) is 2.63. The molecule has 1 aromatic carbocycles. The van der Waals surface area contributed by atoms with Gasteiger partial charge in [-0.15, -0.1) is 0 Å². The maximum absolute atomic E-state index is 9.49. The molecule has 0 saturated heterocycles. The number of rotatable bonds is 4. The number of anilines is 2. The normalized spacial score (nSPS) is 12.2. The van der Waals surface area contributed by atoms with Gasteiger partial charge in [0.05, 0.1) is 12.6 Å². The van der Waals surface area contributed by atoms with Crippen molar-refractivity contribution in [3.63, 3.8) is 0 Å². The van der Waals surface area contributed by atoms with Gasteiger partial charge < -0.3 is 16.2 Å². The van der Waals surface area contributed by atoms with Crippen molar-refractivity contribution in [3.05, 3.63) is 46.6 Å². The molecule has 0 amide bonds. The van der Waals surface area contributed by atoms with Crippen LogP contribution < -0.4 is 11.1 Å². The first kappa shape index (κ1) is 13.6. The molecule has 0 spiro atoms. The van der Waals surface area contributed by atoms with Gasteiger partial charge in [0, 0.05) is 16.8 Å². The van der Waals surface area contributed by atoms with E-state index in [0.29, 0.717) is 10.8 Å². The topological polar surface area (TPSA) is 84.1 Å². The van der Waals surface area contributed by atoms with Crippen molar-refractivity contribution in [2.45, 2.75) is 13.0 Å². The van der Waals surface area contributed by atoms with Gasteiger partial charge in [-0.25, -0.2) is 4.98 Å². The van der Waals surface area contributed by atoms with E-state index in [0.717, 1.165) is 11.3 Å². The summed E-state index contributed by atoms with van der Waals surface area (Å²) in [4.78, 5) is 8.08. The van der Waals surface area contributed by atoms with Crippen LogP contribution in [0.2, 0.25) is 5.02 Å². The molecule has 2 rings (SSSR count). The summed E-state index contributed by atoms with van der Waals surface area (Å²) in [5.41, 5.74) is 7.23. The zero-order chi connectivity index (χ0) is 13.8. The fourth-order valence-electron chi connectivity index (χ4n) is 1.80. The van der Waals surface area contributed by atoms with Crippen molar-refractivity contribution in [2.75, 3.05) is 17.7 Å². The van der Waals surface area contributed by atoms with Gasteiger partial charge in [-0.05, 0) is 24.6 Å². The Bertz CT molecular complexity index is 556. The van der Waals surface area contributed by atoms with Crippen LogP contribution in [0.3, 0.4) is 0 Å². The zero-order valence-corrected chi connectivity index (χ0v) is 11.2. The first-order valence-electron chi connectivity index (χ1n) is 5.82. The van der Waals surface area contributed by atoms with E-state index in [2.05, 4.69) is 15.3 Å².